The maximum atomic E-state index is 13.8. The van der Waals surface area contributed by atoms with Gasteiger partial charge in [-0.3, -0.25) is 4.79 Å². The highest BCUT2D eigenvalue weighted by Crippen LogP contribution is 2.47. The minimum absolute atomic E-state index is 0.0375. The molecule has 0 fully saturated rings. The fourth-order valence-corrected chi connectivity index (χ4v) is 4.63. The molecule has 1 aromatic carbocycles. The molecule has 0 unspecified atom stereocenters. The summed E-state index contributed by atoms with van der Waals surface area (Å²) in [5.41, 5.74) is 0.0657. The average Bonchev–Trinajstić information content (AvgIpc) is 3.46. The first-order chi connectivity index (χ1) is 14.8. The molecule has 0 spiro atoms. The second-order valence-electron chi connectivity index (χ2n) is 6.98. The summed E-state index contributed by atoms with van der Waals surface area (Å²) >= 11 is 7.67. The second kappa shape index (κ2) is 7.34. The maximum absolute atomic E-state index is 13.8. The number of rotatable bonds is 3. The molecule has 0 aliphatic carbocycles. The van der Waals surface area contributed by atoms with Gasteiger partial charge >= 0.3 is 6.18 Å². The van der Waals surface area contributed by atoms with Crippen molar-refractivity contribution in [3.63, 3.8) is 0 Å². The van der Waals surface area contributed by atoms with Gasteiger partial charge in [0.05, 0.1) is 6.04 Å². The molecule has 5 rings (SSSR count). The number of carbonyl (C=O) groups excluding carboxylic acids is 1. The highest BCUT2D eigenvalue weighted by atomic mass is 35.5. The van der Waals surface area contributed by atoms with Crippen LogP contribution in [-0.4, -0.2) is 28.7 Å². The Labute approximate surface area is 182 Å². The molecular weight excluding hydrogens is 457 g/mol. The lowest BCUT2D eigenvalue weighted by Gasteiger charge is -2.32. The summed E-state index contributed by atoms with van der Waals surface area (Å²) in [6, 6.07) is 5.75. The van der Waals surface area contributed by atoms with Crippen LogP contribution in [0.2, 0.25) is 5.02 Å². The van der Waals surface area contributed by atoms with Gasteiger partial charge in [-0.15, -0.1) is 11.3 Å². The van der Waals surface area contributed by atoms with Crippen molar-refractivity contribution in [3.8, 4) is 11.5 Å². The first-order valence-corrected chi connectivity index (χ1v) is 10.4. The number of amides is 1. The topological polar surface area (TPSA) is 77.4 Å². The average molecular weight is 471 g/mol. The quantitative estimate of drug-likeness (QED) is 0.547. The number of hydrogen-bond acceptors (Lipinski definition) is 6. The van der Waals surface area contributed by atoms with Crippen LogP contribution < -0.4 is 20.1 Å². The summed E-state index contributed by atoms with van der Waals surface area (Å²) in [5.74, 6) is 0.210. The van der Waals surface area contributed by atoms with Gasteiger partial charge in [0.25, 0.3) is 5.91 Å². The molecule has 2 N–H and O–H groups in total. The Hall–Kier alpha value is -2.92. The molecule has 7 nitrogen and oxygen atoms in total. The van der Waals surface area contributed by atoms with E-state index in [0.717, 1.165) is 9.56 Å². The fourth-order valence-electron chi connectivity index (χ4n) is 3.58. The Morgan fingerprint density at radius 1 is 1.29 bits per heavy atom. The zero-order valence-electron chi connectivity index (χ0n) is 15.6. The number of hydrogen-bond donors (Lipinski definition) is 2. The van der Waals surface area contributed by atoms with E-state index < -0.39 is 24.2 Å². The smallest absolute Gasteiger partial charge is 0.410 e. The Balaban J connectivity index is 1.47. The van der Waals surface area contributed by atoms with E-state index in [1.54, 1.807) is 35.7 Å². The molecule has 4 heterocycles. The molecule has 0 saturated carbocycles. The second-order valence-corrected chi connectivity index (χ2v) is 8.34. The Morgan fingerprint density at radius 3 is 2.84 bits per heavy atom. The summed E-state index contributed by atoms with van der Waals surface area (Å²) in [6.07, 6.45) is -4.83. The standard InChI is InChI=1S/C19H14ClF3N4O3S/c20-15-16(18(28)24-9-3-4-11-12(6-9)30-8-29-11)26-27-14(19(21,22)23)7-10(25-17(15)27)13-2-1-5-31-13/h1-6,10,14,25H,7-8H2,(H,24,28)/t10-,14+/m1/s1. The molecule has 0 radical (unpaired) electrons. The summed E-state index contributed by atoms with van der Waals surface area (Å²) in [6.45, 7) is 0.0717. The van der Waals surface area contributed by atoms with Crippen molar-refractivity contribution in [2.75, 3.05) is 17.4 Å². The zero-order valence-corrected chi connectivity index (χ0v) is 17.1. The number of thiophene rings is 1. The summed E-state index contributed by atoms with van der Waals surface area (Å²) in [5, 5.41) is 11.1. The van der Waals surface area contributed by atoms with E-state index in [9.17, 15) is 18.0 Å². The predicted octanol–water partition coefficient (Wildman–Crippen LogP) is 5.24. The fraction of sp³-hybridized carbons (Fsp3) is 0.263. The minimum Gasteiger partial charge on any atom is -0.454 e. The summed E-state index contributed by atoms with van der Waals surface area (Å²) < 4.78 is 52.6. The molecule has 31 heavy (non-hydrogen) atoms. The first kappa shape index (κ1) is 20.0. The number of nitrogens with zero attached hydrogens (tertiary/aromatic N) is 2. The summed E-state index contributed by atoms with van der Waals surface area (Å²) in [4.78, 5) is 13.5. The van der Waals surface area contributed by atoms with E-state index in [0.29, 0.717) is 17.2 Å². The van der Waals surface area contributed by atoms with E-state index in [4.69, 9.17) is 21.1 Å². The molecule has 1 amide bonds. The van der Waals surface area contributed by atoms with Gasteiger partial charge in [0.2, 0.25) is 6.79 Å². The van der Waals surface area contributed by atoms with Crippen LogP contribution in [0.1, 0.15) is 33.9 Å². The molecule has 2 aliphatic heterocycles. The molecule has 2 aliphatic rings. The lowest BCUT2D eigenvalue weighted by Crippen LogP contribution is -2.35. The van der Waals surface area contributed by atoms with Crippen molar-refractivity contribution in [2.45, 2.75) is 24.7 Å². The van der Waals surface area contributed by atoms with Crippen LogP contribution in [0.25, 0.3) is 0 Å². The van der Waals surface area contributed by atoms with Gasteiger partial charge in [0.15, 0.2) is 23.2 Å². The van der Waals surface area contributed by atoms with Crippen LogP contribution in [-0.2, 0) is 0 Å². The molecule has 0 bridgehead atoms. The van der Waals surface area contributed by atoms with Gasteiger partial charge in [0.1, 0.15) is 10.8 Å². The third kappa shape index (κ3) is 3.57. The Morgan fingerprint density at radius 2 is 2.10 bits per heavy atom. The Kier molecular flexibility index (Phi) is 4.74. The van der Waals surface area contributed by atoms with E-state index in [1.807, 2.05) is 0 Å². The van der Waals surface area contributed by atoms with Crippen LogP contribution >= 0.6 is 22.9 Å². The van der Waals surface area contributed by atoms with E-state index >= 15 is 0 Å². The van der Waals surface area contributed by atoms with Crippen LogP contribution in [0.4, 0.5) is 24.7 Å². The van der Waals surface area contributed by atoms with E-state index in [-0.39, 0.29) is 29.7 Å². The molecule has 2 aromatic heterocycles. The zero-order chi connectivity index (χ0) is 21.8. The summed E-state index contributed by atoms with van der Waals surface area (Å²) in [7, 11) is 0. The lowest BCUT2D eigenvalue weighted by atomic mass is 10.0. The van der Waals surface area contributed by atoms with E-state index in [2.05, 4.69) is 15.7 Å². The number of carbonyl (C=O) groups is 1. The lowest BCUT2D eigenvalue weighted by molar-refractivity contribution is -0.173. The number of fused-ring (bicyclic) bond motifs is 2. The van der Waals surface area contributed by atoms with Crippen molar-refractivity contribution in [1.82, 2.24) is 9.78 Å². The number of aromatic nitrogens is 2. The van der Waals surface area contributed by atoms with Crippen LogP contribution in [0.3, 0.4) is 0 Å². The van der Waals surface area contributed by atoms with Gasteiger partial charge in [-0.2, -0.15) is 18.3 Å². The molecule has 0 saturated heterocycles. The number of benzene rings is 1. The van der Waals surface area contributed by atoms with Crippen molar-refractivity contribution in [3.05, 3.63) is 51.3 Å². The number of alkyl halides is 3. The highest BCUT2D eigenvalue weighted by molar-refractivity contribution is 7.10. The van der Waals surface area contributed by atoms with Crippen LogP contribution in [0.15, 0.2) is 35.7 Å². The van der Waals surface area contributed by atoms with Gasteiger partial charge in [-0.1, -0.05) is 17.7 Å². The largest absolute Gasteiger partial charge is 0.454 e. The minimum atomic E-state index is -4.56. The number of nitrogens with one attached hydrogen (secondary N) is 2. The van der Waals surface area contributed by atoms with Gasteiger partial charge < -0.3 is 20.1 Å². The predicted molar refractivity (Wildman–Crippen MR) is 108 cm³/mol. The Bertz CT molecular complexity index is 1150. The van der Waals surface area contributed by atoms with Crippen molar-refractivity contribution in [1.29, 1.82) is 0 Å². The first-order valence-electron chi connectivity index (χ1n) is 9.17. The van der Waals surface area contributed by atoms with Gasteiger partial charge in [-0.05, 0) is 23.6 Å². The maximum Gasteiger partial charge on any atom is 0.410 e. The van der Waals surface area contributed by atoms with Gasteiger partial charge in [0, 0.05) is 23.1 Å². The normalized spacial score (nSPS) is 19.6. The third-order valence-electron chi connectivity index (χ3n) is 5.03. The number of anilines is 2. The molecule has 162 valence electrons. The van der Waals surface area contributed by atoms with Crippen molar-refractivity contribution >= 4 is 40.4 Å². The third-order valence-corrected chi connectivity index (χ3v) is 6.37. The highest BCUT2D eigenvalue weighted by Gasteiger charge is 2.48. The SMILES string of the molecule is O=C(Nc1ccc2c(c1)OCO2)c1nn2c(c1Cl)N[C@@H](c1cccs1)C[C@H]2C(F)(F)F. The molecule has 12 heteroatoms. The van der Waals surface area contributed by atoms with E-state index in [1.165, 1.54) is 11.3 Å². The molecule has 3 aromatic rings. The number of ether oxygens (including phenoxy) is 2. The molecular formula is C19H14ClF3N4O3S. The van der Waals surface area contributed by atoms with Crippen LogP contribution in [0.5, 0.6) is 11.5 Å². The van der Waals surface area contributed by atoms with Crippen LogP contribution in [0, 0.1) is 0 Å². The monoisotopic (exact) mass is 470 g/mol. The number of halogens is 4. The molecule has 2 atom stereocenters. The van der Waals surface area contributed by atoms with Crippen molar-refractivity contribution in [2.24, 2.45) is 0 Å². The van der Waals surface area contributed by atoms with Crippen molar-refractivity contribution < 1.29 is 27.4 Å². The van der Waals surface area contributed by atoms with Gasteiger partial charge in [-0.25, -0.2) is 4.68 Å².